The van der Waals surface area contributed by atoms with Crippen LogP contribution in [0.2, 0.25) is 0 Å². The molecule has 3 N–H and O–H groups in total. The first kappa shape index (κ1) is 17.7. The number of primary amides is 1. The van der Waals surface area contributed by atoms with E-state index in [1.807, 2.05) is 0 Å². The zero-order valence-corrected chi connectivity index (χ0v) is 13.2. The number of benzene rings is 2. The highest BCUT2D eigenvalue weighted by Gasteiger charge is 2.09. The van der Waals surface area contributed by atoms with Crippen LogP contribution in [0.1, 0.15) is 10.4 Å². The number of thioether (sulfide) groups is 1. The van der Waals surface area contributed by atoms with Gasteiger partial charge >= 0.3 is 0 Å². The lowest BCUT2D eigenvalue weighted by molar-refractivity contribution is -0.119. The summed E-state index contributed by atoms with van der Waals surface area (Å²) < 4.78 is 29.7. The molecule has 0 heterocycles. The monoisotopic (exact) mass is 352 g/mol. The van der Waals surface area contributed by atoms with Crippen LogP contribution in [-0.4, -0.2) is 24.2 Å². The highest BCUT2D eigenvalue weighted by atomic mass is 32.2. The van der Waals surface area contributed by atoms with E-state index in [-0.39, 0.29) is 6.61 Å². The number of hydrogen-bond donors (Lipinski definition) is 2. The Balaban J connectivity index is 2.01. The van der Waals surface area contributed by atoms with Gasteiger partial charge < -0.3 is 15.8 Å². The SMILES string of the molecule is NC(=O)COc1cccc(NC(=O)c2ccc(SC(F)F)cc2)c1. The number of rotatable bonds is 7. The minimum atomic E-state index is -2.51. The van der Waals surface area contributed by atoms with Crippen molar-refractivity contribution in [2.24, 2.45) is 5.73 Å². The van der Waals surface area contributed by atoms with E-state index in [4.69, 9.17) is 10.5 Å². The number of amides is 2. The third-order valence-electron chi connectivity index (χ3n) is 2.81. The van der Waals surface area contributed by atoms with Crippen LogP contribution in [0.5, 0.6) is 5.75 Å². The number of nitrogens with one attached hydrogen (secondary N) is 1. The maximum atomic E-state index is 12.3. The van der Waals surface area contributed by atoms with Crippen LogP contribution in [0.15, 0.2) is 53.4 Å². The normalized spacial score (nSPS) is 10.5. The minimum absolute atomic E-state index is 0.263. The van der Waals surface area contributed by atoms with Crippen molar-refractivity contribution >= 4 is 29.3 Å². The van der Waals surface area contributed by atoms with Crippen LogP contribution < -0.4 is 15.8 Å². The molecule has 0 bridgehead atoms. The summed E-state index contributed by atoms with van der Waals surface area (Å²) in [6, 6.07) is 12.3. The summed E-state index contributed by atoms with van der Waals surface area (Å²) in [5, 5.41) is 2.66. The van der Waals surface area contributed by atoms with E-state index in [9.17, 15) is 18.4 Å². The summed E-state index contributed by atoms with van der Waals surface area (Å²) in [7, 11) is 0. The standard InChI is InChI=1S/C16H14F2N2O3S/c17-16(18)24-13-6-4-10(5-7-13)15(22)20-11-2-1-3-12(8-11)23-9-14(19)21/h1-8,16H,9H2,(H2,19,21)(H,20,22). The van der Waals surface area contributed by atoms with Gasteiger partial charge in [-0.1, -0.05) is 17.8 Å². The number of hydrogen-bond acceptors (Lipinski definition) is 4. The smallest absolute Gasteiger partial charge is 0.288 e. The molecule has 2 rings (SSSR count). The molecule has 0 aliphatic carbocycles. The van der Waals surface area contributed by atoms with Crippen molar-refractivity contribution < 1.29 is 23.1 Å². The molecule has 0 saturated carbocycles. The third-order valence-corrected chi connectivity index (χ3v) is 3.54. The van der Waals surface area contributed by atoms with E-state index >= 15 is 0 Å². The van der Waals surface area contributed by atoms with Crippen LogP contribution in [0.25, 0.3) is 0 Å². The second-order valence-corrected chi connectivity index (χ2v) is 5.70. The number of anilines is 1. The van der Waals surface area contributed by atoms with Crippen molar-refractivity contribution in [3.8, 4) is 5.75 Å². The van der Waals surface area contributed by atoms with Gasteiger partial charge in [0, 0.05) is 22.2 Å². The van der Waals surface area contributed by atoms with Crippen molar-refractivity contribution in [3.63, 3.8) is 0 Å². The average Bonchev–Trinajstić information content (AvgIpc) is 2.53. The summed E-state index contributed by atoms with van der Waals surface area (Å²) in [4.78, 5) is 23.2. The maximum Gasteiger partial charge on any atom is 0.288 e. The topological polar surface area (TPSA) is 81.4 Å². The Labute approximate surface area is 141 Å². The van der Waals surface area contributed by atoms with E-state index in [1.54, 1.807) is 24.3 Å². The average molecular weight is 352 g/mol. The fraction of sp³-hybridized carbons (Fsp3) is 0.125. The predicted molar refractivity (Wildman–Crippen MR) is 87.4 cm³/mol. The molecule has 126 valence electrons. The molecule has 0 unspecified atom stereocenters. The van der Waals surface area contributed by atoms with Gasteiger partial charge in [0.2, 0.25) is 0 Å². The summed E-state index contributed by atoms with van der Waals surface area (Å²) in [5.41, 5.74) is 5.79. The molecule has 0 fully saturated rings. The van der Waals surface area contributed by atoms with E-state index in [1.165, 1.54) is 24.3 Å². The van der Waals surface area contributed by atoms with Crippen molar-refractivity contribution in [3.05, 3.63) is 54.1 Å². The van der Waals surface area contributed by atoms with E-state index in [0.29, 0.717) is 33.7 Å². The van der Waals surface area contributed by atoms with E-state index < -0.39 is 17.6 Å². The van der Waals surface area contributed by atoms with Gasteiger partial charge in [-0.3, -0.25) is 9.59 Å². The lowest BCUT2D eigenvalue weighted by Crippen LogP contribution is -2.20. The molecule has 0 saturated heterocycles. The van der Waals surface area contributed by atoms with Crippen LogP contribution in [0.4, 0.5) is 14.5 Å². The first-order valence-corrected chi connectivity index (χ1v) is 7.69. The van der Waals surface area contributed by atoms with Gasteiger partial charge in [-0.2, -0.15) is 8.78 Å². The maximum absolute atomic E-state index is 12.3. The molecule has 2 aromatic rings. The molecule has 2 amide bonds. The van der Waals surface area contributed by atoms with Gasteiger partial charge in [0.25, 0.3) is 17.6 Å². The molecule has 24 heavy (non-hydrogen) atoms. The van der Waals surface area contributed by atoms with Gasteiger partial charge in [0.1, 0.15) is 5.75 Å². The second-order valence-electron chi connectivity index (χ2n) is 4.64. The van der Waals surface area contributed by atoms with E-state index in [2.05, 4.69) is 5.32 Å². The van der Waals surface area contributed by atoms with Gasteiger partial charge in [0.15, 0.2) is 6.61 Å². The summed E-state index contributed by atoms with van der Waals surface area (Å²) in [6.07, 6.45) is 0. The van der Waals surface area contributed by atoms with E-state index in [0.717, 1.165) is 0 Å². The van der Waals surface area contributed by atoms with Crippen molar-refractivity contribution in [2.75, 3.05) is 11.9 Å². The molecule has 0 radical (unpaired) electrons. The number of carbonyl (C=O) groups is 2. The minimum Gasteiger partial charge on any atom is -0.484 e. The van der Waals surface area contributed by atoms with Gasteiger partial charge in [-0.15, -0.1) is 0 Å². The van der Waals surface area contributed by atoms with Crippen LogP contribution >= 0.6 is 11.8 Å². The lowest BCUT2D eigenvalue weighted by Gasteiger charge is -2.08. The zero-order chi connectivity index (χ0) is 17.5. The van der Waals surface area contributed by atoms with Crippen LogP contribution in [-0.2, 0) is 4.79 Å². The Morgan fingerprint density at radius 2 is 1.88 bits per heavy atom. The molecule has 0 aliphatic heterocycles. The summed E-state index contributed by atoms with van der Waals surface area (Å²) >= 11 is 0.413. The first-order valence-electron chi connectivity index (χ1n) is 6.81. The molecule has 5 nitrogen and oxygen atoms in total. The Kier molecular flexibility index (Phi) is 6.14. The molecule has 8 heteroatoms. The molecule has 0 atom stereocenters. The fourth-order valence-corrected chi connectivity index (χ4v) is 2.31. The molecular formula is C16H14F2N2O3S. The Morgan fingerprint density at radius 3 is 2.50 bits per heavy atom. The number of carbonyl (C=O) groups excluding carboxylic acids is 2. The number of alkyl halides is 2. The largest absolute Gasteiger partial charge is 0.484 e. The highest BCUT2D eigenvalue weighted by Crippen LogP contribution is 2.25. The van der Waals surface area contributed by atoms with Crippen molar-refractivity contribution in [1.82, 2.24) is 0 Å². The fourth-order valence-electron chi connectivity index (χ4n) is 1.81. The quantitative estimate of drug-likeness (QED) is 0.750. The number of ether oxygens (including phenoxy) is 1. The summed E-state index contributed by atoms with van der Waals surface area (Å²) in [6.45, 7) is -0.263. The third kappa shape index (κ3) is 5.54. The summed E-state index contributed by atoms with van der Waals surface area (Å²) in [5.74, 6) is -3.12. The molecule has 2 aromatic carbocycles. The molecule has 0 spiro atoms. The van der Waals surface area contributed by atoms with Crippen molar-refractivity contribution in [1.29, 1.82) is 0 Å². The van der Waals surface area contributed by atoms with Crippen LogP contribution in [0, 0.1) is 0 Å². The Bertz CT molecular complexity index is 724. The lowest BCUT2D eigenvalue weighted by atomic mass is 10.2. The highest BCUT2D eigenvalue weighted by molar-refractivity contribution is 7.99. The van der Waals surface area contributed by atoms with Gasteiger partial charge in [-0.05, 0) is 36.4 Å². The van der Waals surface area contributed by atoms with Crippen molar-refractivity contribution in [2.45, 2.75) is 10.7 Å². The van der Waals surface area contributed by atoms with Gasteiger partial charge in [-0.25, -0.2) is 0 Å². The van der Waals surface area contributed by atoms with Crippen LogP contribution in [0.3, 0.4) is 0 Å². The number of halogens is 2. The Morgan fingerprint density at radius 1 is 1.17 bits per heavy atom. The zero-order valence-electron chi connectivity index (χ0n) is 12.4. The molecule has 0 aliphatic rings. The molecule has 0 aromatic heterocycles. The Hall–Kier alpha value is -2.61. The second kappa shape index (κ2) is 8.30. The predicted octanol–water partition coefficient (Wildman–Crippen LogP) is 3.12. The molecular weight excluding hydrogens is 338 g/mol. The van der Waals surface area contributed by atoms with Gasteiger partial charge in [0.05, 0.1) is 0 Å². The number of nitrogens with two attached hydrogens (primary N) is 1. The first-order chi connectivity index (χ1) is 11.4.